The van der Waals surface area contributed by atoms with Crippen LogP contribution in [0.4, 0.5) is 35.2 Å². The van der Waals surface area contributed by atoms with Crippen LogP contribution in [0.2, 0.25) is 0 Å². The van der Waals surface area contributed by atoms with Crippen molar-refractivity contribution in [3.8, 4) is 34.0 Å². The van der Waals surface area contributed by atoms with Gasteiger partial charge in [-0.3, -0.25) is 0 Å². The van der Waals surface area contributed by atoms with Gasteiger partial charge in [0, 0.05) is 30.4 Å². The molecule has 13 heteroatoms. The fraction of sp³-hybridized carbons (Fsp3) is 0.147. The van der Waals surface area contributed by atoms with Crippen LogP contribution in [-0.4, -0.2) is 43.7 Å². The van der Waals surface area contributed by atoms with Gasteiger partial charge in [0.1, 0.15) is 11.6 Å². The van der Waals surface area contributed by atoms with Crippen molar-refractivity contribution in [3.05, 3.63) is 109 Å². The molecule has 0 bridgehead atoms. The minimum Gasteiger partial charge on any atom is -0.424 e. The highest BCUT2D eigenvalue weighted by Crippen LogP contribution is 2.36. The van der Waals surface area contributed by atoms with Crippen LogP contribution >= 0.6 is 0 Å². The second-order valence-electron chi connectivity index (χ2n) is 11.0. The third-order valence-electron chi connectivity index (χ3n) is 7.72. The molecule has 1 aliphatic rings. The van der Waals surface area contributed by atoms with E-state index < -0.39 is 17.8 Å². The van der Waals surface area contributed by atoms with Crippen LogP contribution in [0, 0.1) is 6.92 Å². The molecule has 2 N–H and O–H groups in total. The number of alkyl halides is 3. The number of carbonyl (C=O) groups excluding carboxylic acids is 1. The van der Waals surface area contributed by atoms with Crippen LogP contribution in [-0.2, 0) is 6.18 Å². The van der Waals surface area contributed by atoms with Crippen LogP contribution in [0.15, 0.2) is 97.6 Å². The molecule has 1 saturated heterocycles. The van der Waals surface area contributed by atoms with Gasteiger partial charge in [0.05, 0.1) is 35.5 Å². The number of amides is 2. The van der Waals surface area contributed by atoms with Gasteiger partial charge in [-0.1, -0.05) is 48.0 Å². The zero-order valence-corrected chi connectivity index (χ0v) is 25.0. The van der Waals surface area contributed by atoms with Gasteiger partial charge in [-0.25, -0.2) is 24.3 Å². The van der Waals surface area contributed by atoms with Crippen LogP contribution < -0.4 is 20.3 Å². The van der Waals surface area contributed by atoms with E-state index in [9.17, 15) is 18.0 Å². The molecule has 0 spiro atoms. The molecule has 4 heterocycles. The zero-order valence-electron chi connectivity index (χ0n) is 25.0. The van der Waals surface area contributed by atoms with Gasteiger partial charge in [-0.05, 0) is 54.8 Å². The molecule has 0 saturated carbocycles. The lowest BCUT2D eigenvalue weighted by atomic mass is 9.99. The molecule has 6 aromatic rings. The number of hydrogen-bond acceptors (Lipinski definition) is 7. The Morgan fingerprint density at radius 2 is 1.66 bits per heavy atom. The number of fused-ring (bicyclic) bond motifs is 1. The monoisotopic (exact) mass is 636 g/mol. The first kappa shape index (κ1) is 29.7. The van der Waals surface area contributed by atoms with E-state index in [1.54, 1.807) is 35.0 Å². The standard InChI is InChI=1S/C34H27F3N8O2/c1-21-4-2-5-23(16-21)27-11-8-24(34(35,36)37)17-29(27)42-32(46)41-25-18-38-33(39-19-25)47-26-9-6-22(7-10-26)28-20-40-45-15-12-30(43-31(28)45)44-13-3-14-44/h2,4-12,15-20H,3,13-14H2,1H3,(H2,41,42,46). The summed E-state index contributed by atoms with van der Waals surface area (Å²) in [6.07, 6.45) is 2.95. The summed E-state index contributed by atoms with van der Waals surface area (Å²) < 4.78 is 47.9. The summed E-state index contributed by atoms with van der Waals surface area (Å²) in [5.74, 6) is 1.42. The maximum absolute atomic E-state index is 13.5. The Labute approximate surface area is 266 Å². The Hall–Kier alpha value is -5.98. The number of carbonyl (C=O) groups is 1. The minimum absolute atomic E-state index is 0.00345. The normalized spacial score (nSPS) is 12.9. The largest absolute Gasteiger partial charge is 0.424 e. The number of hydrogen-bond donors (Lipinski definition) is 2. The number of aromatic nitrogens is 5. The van der Waals surface area contributed by atoms with Gasteiger partial charge in [-0.15, -0.1) is 0 Å². The second-order valence-corrected chi connectivity index (χ2v) is 11.0. The topological polar surface area (TPSA) is 110 Å². The summed E-state index contributed by atoms with van der Waals surface area (Å²) in [5, 5.41) is 9.51. The van der Waals surface area contributed by atoms with Crippen molar-refractivity contribution in [2.45, 2.75) is 19.5 Å². The Balaban J connectivity index is 1.02. The molecule has 47 heavy (non-hydrogen) atoms. The molecule has 0 radical (unpaired) electrons. The molecule has 236 valence electrons. The first-order valence-corrected chi connectivity index (χ1v) is 14.8. The number of aryl methyl sites for hydroxylation is 1. The van der Waals surface area contributed by atoms with Crippen molar-refractivity contribution in [3.63, 3.8) is 0 Å². The van der Waals surface area contributed by atoms with E-state index in [0.717, 1.165) is 59.8 Å². The number of nitrogens with one attached hydrogen (secondary N) is 2. The molecule has 2 amide bonds. The molecule has 0 aliphatic carbocycles. The zero-order chi connectivity index (χ0) is 32.5. The van der Waals surface area contributed by atoms with Gasteiger partial charge >= 0.3 is 18.2 Å². The summed E-state index contributed by atoms with van der Waals surface area (Å²) in [6.45, 7) is 3.88. The molecular weight excluding hydrogens is 609 g/mol. The molecule has 3 aromatic heterocycles. The van der Waals surface area contributed by atoms with Gasteiger partial charge in [0.2, 0.25) is 0 Å². The highest BCUT2D eigenvalue weighted by molar-refractivity contribution is 6.02. The SMILES string of the molecule is Cc1cccc(-c2ccc(C(F)(F)F)cc2NC(=O)Nc2cnc(Oc3ccc(-c4cnn5ccc(N6CCC6)nc45)cc3)nc2)c1. The van der Waals surface area contributed by atoms with Crippen molar-refractivity contribution >= 4 is 28.9 Å². The first-order chi connectivity index (χ1) is 22.7. The van der Waals surface area contributed by atoms with E-state index in [2.05, 4.69) is 30.6 Å². The van der Waals surface area contributed by atoms with Crippen molar-refractivity contribution in [2.75, 3.05) is 28.6 Å². The smallest absolute Gasteiger partial charge is 0.416 e. The number of nitrogens with zero attached hydrogens (tertiary/aromatic N) is 6. The summed E-state index contributed by atoms with van der Waals surface area (Å²) in [4.78, 5) is 28.2. The van der Waals surface area contributed by atoms with Crippen LogP contribution in [0.5, 0.6) is 11.8 Å². The maximum Gasteiger partial charge on any atom is 0.416 e. The van der Waals surface area contributed by atoms with E-state index >= 15 is 0 Å². The average Bonchev–Trinajstić information content (AvgIpc) is 3.44. The van der Waals surface area contributed by atoms with Crippen molar-refractivity contribution < 1.29 is 22.7 Å². The number of ether oxygens (including phenoxy) is 1. The van der Waals surface area contributed by atoms with Crippen molar-refractivity contribution in [2.24, 2.45) is 0 Å². The lowest BCUT2D eigenvalue weighted by Gasteiger charge is -2.31. The van der Waals surface area contributed by atoms with E-state index in [4.69, 9.17) is 9.72 Å². The number of anilines is 3. The van der Waals surface area contributed by atoms with E-state index in [0.29, 0.717) is 16.9 Å². The fourth-order valence-corrected chi connectivity index (χ4v) is 5.20. The average molecular weight is 637 g/mol. The van der Waals surface area contributed by atoms with Gasteiger partial charge in [-0.2, -0.15) is 18.3 Å². The molecule has 7 rings (SSSR count). The molecule has 1 aliphatic heterocycles. The number of rotatable bonds is 7. The lowest BCUT2D eigenvalue weighted by molar-refractivity contribution is -0.137. The number of urea groups is 1. The third kappa shape index (κ3) is 6.41. The molecule has 10 nitrogen and oxygen atoms in total. The van der Waals surface area contributed by atoms with Crippen LogP contribution in [0.1, 0.15) is 17.5 Å². The number of halogens is 3. The summed E-state index contributed by atoms with van der Waals surface area (Å²) in [6, 6.07) is 19.1. The molecular formula is C34H27F3N8O2. The fourth-order valence-electron chi connectivity index (χ4n) is 5.20. The van der Waals surface area contributed by atoms with Gasteiger partial charge in [0.25, 0.3) is 0 Å². The highest BCUT2D eigenvalue weighted by atomic mass is 19.4. The lowest BCUT2D eigenvalue weighted by Crippen LogP contribution is -2.37. The predicted molar refractivity (Wildman–Crippen MR) is 172 cm³/mol. The third-order valence-corrected chi connectivity index (χ3v) is 7.72. The van der Waals surface area contributed by atoms with E-state index in [-0.39, 0.29) is 17.4 Å². The first-order valence-electron chi connectivity index (χ1n) is 14.8. The maximum atomic E-state index is 13.5. The Bertz CT molecular complexity index is 2080. The quantitative estimate of drug-likeness (QED) is 0.184. The Morgan fingerprint density at radius 3 is 2.36 bits per heavy atom. The second kappa shape index (κ2) is 12.1. The Morgan fingerprint density at radius 1 is 0.872 bits per heavy atom. The number of benzene rings is 3. The molecule has 3 aromatic carbocycles. The van der Waals surface area contributed by atoms with Crippen molar-refractivity contribution in [1.82, 2.24) is 24.6 Å². The van der Waals surface area contributed by atoms with Crippen LogP contribution in [0.3, 0.4) is 0 Å². The summed E-state index contributed by atoms with van der Waals surface area (Å²) in [7, 11) is 0. The van der Waals surface area contributed by atoms with Crippen LogP contribution in [0.25, 0.3) is 27.9 Å². The molecule has 1 fully saturated rings. The Kier molecular flexibility index (Phi) is 7.64. The highest BCUT2D eigenvalue weighted by Gasteiger charge is 2.31. The van der Waals surface area contributed by atoms with Crippen molar-refractivity contribution in [1.29, 1.82) is 0 Å². The minimum atomic E-state index is -4.58. The van der Waals surface area contributed by atoms with Gasteiger partial charge in [0.15, 0.2) is 5.65 Å². The predicted octanol–water partition coefficient (Wildman–Crippen LogP) is 7.83. The van der Waals surface area contributed by atoms with E-state index in [1.165, 1.54) is 18.5 Å². The summed E-state index contributed by atoms with van der Waals surface area (Å²) in [5.41, 5.74) is 3.94. The summed E-state index contributed by atoms with van der Waals surface area (Å²) >= 11 is 0. The molecule has 0 unspecified atom stereocenters. The van der Waals surface area contributed by atoms with Gasteiger partial charge < -0.3 is 20.3 Å². The molecule has 0 atom stereocenters. The van der Waals surface area contributed by atoms with E-state index in [1.807, 2.05) is 43.5 Å².